The van der Waals surface area contributed by atoms with Crippen molar-refractivity contribution in [2.24, 2.45) is 0 Å². The van der Waals surface area contributed by atoms with Crippen molar-refractivity contribution in [3.05, 3.63) is 66.0 Å². The van der Waals surface area contributed by atoms with Crippen molar-refractivity contribution in [2.45, 2.75) is 5.92 Å². The highest BCUT2D eigenvalue weighted by Crippen LogP contribution is 2.21. The number of rotatable bonds is 3. The lowest BCUT2D eigenvalue weighted by Crippen LogP contribution is -2.31. The number of anilines is 1. The second kappa shape index (κ2) is 5.98. The molecule has 0 aliphatic carbocycles. The summed E-state index contributed by atoms with van der Waals surface area (Å²) in [6.07, 6.45) is 0. The molecule has 0 aromatic heterocycles. The summed E-state index contributed by atoms with van der Waals surface area (Å²) in [5.41, 5.74) is 1.20. The summed E-state index contributed by atoms with van der Waals surface area (Å²) >= 11 is 0. The van der Waals surface area contributed by atoms with Gasteiger partial charge in [0.1, 0.15) is 5.82 Å². The van der Waals surface area contributed by atoms with E-state index in [-0.39, 0.29) is 11.7 Å². The Kier molecular flexibility index (Phi) is 4.11. The molecule has 0 fully saturated rings. The molecule has 0 saturated carbocycles. The van der Waals surface area contributed by atoms with Crippen LogP contribution in [0.2, 0.25) is 0 Å². The average molecular weight is 268 g/mol. The molecule has 0 bridgehead atoms. The molecule has 20 heavy (non-hydrogen) atoms. The number of benzene rings is 2. The maximum absolute atomic E-state index is 12.9. The molecular formula is C16H13FN2O. The maximum atomic E-state index is 12.9. The second-order valence-electron chi connectivity index (χ2n) is 4.35. The Morgan fingerprint density at radius 2 is 1.75 bits per heavy atom. The standard InChI is InChI=1S/C16H13FN2O/c1-19(14-9-7-13(17)8-10-14)16(20)15(11-18)12-5-3-2-4-6-12/h2-10,15H,1H3. The number of nitriles is 1. The molecule has 0 aliphatic heterocycles. The molecule has 0 N–H and O–H groups in total. The molecule has 1 amide bonds. The number of hydrogen-bond acceptors (Lipinski definition) is 2. The van der Waals surface area contributed by atoms with Crippen molar-refractivity contribution in [1.29, 1.82) is 5.26 Å². The van der Waals surface area contributed by atoms with Gasteiger partial charge in [0.15, 0.2) is 5.92 Å². The fraction of sp³-hybridized carbons (Fsp3) is 0.125. The SMILES string of the molecule is CN(C(=O)C(C#N)c1ccccc1)c1ccc(F)cc1. The van der Waals surface area contributed by atoms with Gasteiger partial charge in [0.05, 0.1) is 6.07 Å². The molecule has 0 spiro atoms. The minimum Gasteiger partial charge on any atom is -0.314 e. The Balaban J connectivity index is 2.25. The Morgan fingerprint density at radius 1 is 1.15 bits per heavy atom. The van der Waals surface area contributed by atoms with Gasteiger partial charge in [-0.25, -0.2) is 4.39 Å². The van der Waals surface area contributed by atoms with Gasteiger partial charge in [-0.15, -0.1) is 0 Å². The normalized spacial score (nSPS) is 11.4. The van der Waals surface area contributed by atoms with Crippen LogP contribution in [0, 0.1) is 17.1 Å². The number of amides is 1. The molecule has 3 nitrogen and oxygen atoms in total. The number of halogens is 1. The maximum Gasteiger partial charge on any atom is 0.248 e. The quantitative estimate of drug-likeness (QED) is 0.858. The third-order valence-corrected chi connectivity index (χ3v) is 3.05. The van der Waals surface area contributed by atoms with Crippen molar-refractivity contribution in [3.8, 4) is 6.07 Å². The van der Waals surface area contributed by atoms with Crippen LogP contribution in [0.3, 0.4) is 0 Å². The van der Waals surface area contributed by atoms with Gasteiger partial charge >= 0.3 is 0 Å². The first-order chi connectivity index (χ1) is 9.63. The van der Waals surface area contributed by atoms with Gasteiger partial charge < -0.3 is 4.90 Å². The molecule has 0 radical (unpaired) electrons. The van der Waals surface area contributed by atoms with Gasteiger partial charge in [0.25, 0.3) is 0 Å². The molecule has 100 valence electrons. The van der Waals surface area contributed by atoms with Crippen LogP contribution < -0.4 is 4.90 Å². The Labute approximate surface area is 116 Å². The molecule has 2 rings (SSSR count). The van der Waals surface area contributed by atoms with Gasteiger partial charge in [-0.3, -0.25) is 4.79 Å². The van der Waals surface area contributed by atoms with E-state index in [2.05, 4.69) is 0 Å². The van der Waals surface area contributed by atoms with Crippen molar-refractivity contribution < 1.29 is 9.18 Å². The van der Waals surface area contributed by atoms with Gasteiger partial charge in [0, 0.05) is 12.7 Å². The molecule has 0 heterocycles. The zero-order valence-electron chi connectivity index (χ0n) is 11.0. The molecule has 2 aromatic carbocycles. The van der Waals surface area contributed by atoms with Crippen LogP contribution in [0.1, 0.15) is 11.5 Å². The zero-order valence-corrected chi connectivity index (χ0v) is 11.0. The monoisotopic (exact) mass is 268 g/mol. The van der Waals surface area contributed by atoms with Crippen LogP contribution in [0.15, 0.2) is 54.6 Å². The van der Waals surface area contributed by atoms with E-state index >= 15 is 0 Å². The van der Waals surface area contributed by atoms with E-state index in [0.29, 0.717) is 11.3 Å². The van der Waals surface area contributed by atoms with Crippen LogP contribution in [0.5, 0.6) is 0 Å². The van der Waals surface area contributed by atoms with E-state index in [1.807, 2.05) is 12.1 Å². The summed E-state index contributed by atoms with van der Waals surface area (Å²) in [6, 6.07) is 16.5. The highest BCUT2D eigenvalue weighted by molar-refractivity contribution is 5.99. The largest absolute Gasteiger partial charge is 0.314 e. The number of hydrogen-bond donors (Lipinski definition) is 0. The van der Waals surface area contributed by atoms with E-state index in [0.717, 1.165) is 0 Å². The number of likely N-dealkylation sites (N-methyl/N-ethyl adjacent to an activating group) is 1. The fourth-order valence-electron chi connectivity index (χ4n) is 1.90. The lowest BCUT2D eigenvalue weighted by atomic mass is 9.99. The number of carbonyl (C=O) groups excluding carboxylic acids is 1. The Morgan fingerprint density at radius 3 is 2.30 bits per heavy atom. The van der Waals surface area contributed by atoms with E-state index in [4.69, 9.17) is 0 Å². The Bertz CT molecular complexity index is 632. The predicted molar refractivity (Wildman–Crippen MR) is 74.6 cm³/mol. The first-order valence-electron chi connectivity index (χ1n) is 6.11. The predicted octanol–water partition coefficient (Wildman–Crippen LogP) is 3.10. The van der Waals surface area contributed by atoms with E-state index in [9.17, 15) is 14.4 Å². The van der Waals surface area contributed by atoms with Gasteiger partial charge in [-0.2, -0.15) is 5.26 Å². The van der Waals surface area contributed by atoms with Gasteiger partial charge in [-0.05, 0) is 29.8 Å². The molecule has 4 heteroatoms. The first-order valence-corrected chi connectivity index (χ1v) is 6.11. The van der Waals surface area contributed by atoms with Crippen LogP contribution >= 0.6 is 0 Å². The third-order valence-electron chi connectivity index (χ3n) is 3.05. The van der Waals surface area contributed by atoms with Crippen LogP contribution in [-0.2, 0) is 4.79 Å². The summed E-state index contributed by atoms with van der Waals surface area (Å²) in [5.74, 6) is -1.58. The minimum absolute atomic E-state index is 0.342. The van der Waals surface area contributed by atoms with Crippen LogP contribution in [0.4, 0.5) is 10.1 Å². The fourth-order valence-corrected chi connectivity index (χ4v) is 1.90. The van der Waals surface area contributed by atoms with Crippen LogP contribution in [-0.4, -0.2) is 13.0 Å². The minimum atomic E-state index is -0.869. The Hall–Kier alpha value is -2.67. The molecule has 0 saturated heterocycles. The van der Waals surface area contributed by atoms with E-state index in [1.165, 1.54) is 29.2 Å². The third kappa shape index (κ3) is 2.83. The average Bonchev–Trinajstić information content (AvgIpc) is 2.49. The van der Waals surface area contributed by atoms with Crippen molar-refractivity contribution in [2.75, 3.05) is 11.9 Å². The van der Waals surface area contributed by atoms with Crippen molar-refractivity contribution >= 4 is 11.6 Å². The van der Waals surface area contributed by atoms with Gasteiger partial charge in [0.2, 0.25) is 5.91 Å². The summed E-state index contributed by atoms with van der Waals surface area (Å²) in [7, 11) is 1.57. The molecular weight excluding hydrogens is 255 g/mol. The lowest BCUT2D eigenvalue weighted by Gasteiger charge is -2.20. The molecule has 1 atom stereocenters. The zero-order chi connectivity index (χ0) is 14.5. The topological polar surface area (TPSA) is 44.1 Å². The summed E-state index contributed by atoms with van der Waals surface area (Å²) < 4.78 is 12.9. The highest BCUT2D eigenvalue weighted by atomic mass is 19.1. The summed E-state index contributed by atoms with van der Waals surface area (Å²) in [4.78, 5) is 13.7. The first kappa shape index (κ1) is 13.8. The summed E-state index contributed by atoms with van der Waals surface area (Å²) in [5, 5.41) is 9.23. The van der Waals surface area contributed by atoms with E-state index < -0.39 is 5.92 Å². The lowest BCUT2D eigenvalue weighted by molar-refractivity contribution is -0.118. The van der Waals surface area contributed by atoms with Crippen molar-refractivity contribution in [1.82, 2.24) is 0 Å². The van der Waals surface area contributed by atoms with Gasteiger partial charge in [-0.1, -0.05) is 30.3 Å². The van der Waals surface area contributed by atoms with E-state index in [1.54, 1.807) is 31.3 Å². The number of nitrogens with zero attached hydrogens (tertiary/aromatic N) is 2. The molecule has 1 unspecified atom stereocenters. The van der Waals surface area contributed by atoms with Crippen molar-refractivity contribution in [3.63, 3.8) is 0 Å². The van der Waals surface area contributed by atoms with Crippen LogP contribution in [0.25, 0.3) is 0 Å². The summed E-state index contributed by atoms with van der Waals surface area (Å²) in [6.45, 7) is 0. The molecule has 0 aliphatic rings. The smallest absolute Gasteiger partial charge is 0.248 e. The number of carbonyl (C=O) groups is 1. The molecule has 2 aromatic rings. The second-order valence-corrected chi connectivity index (χ2v) is 4.35. The highest BCUT2D eigenvalue weighted by Gasteiger charge is 2.24.